The van der Waals surface area contributed by atoms with Gasteiger partial charge in [-0.2, -0.15) is 0 Å². The molecule has 1 aliphatic carbocycles. The third kappa shape index (κ3) is 19.3. The SMILES string of the molecule is C/C=C\C=C(/CC)[C@H](O)[C@@H](C)NC(=O)[C@H](C)[C@@H](OC)[C@@H]1CCCN1C(=O)C[C@@H](OC)[C@H]([C@@H](C)CC)N(C)C(=O)[C@@H](NC(=O)C(C(C)C)N(C)C(O)O[C@H]1/C=C/CC[C@@](C)(C(=O)N[C@@H](CC(=O)OC)C(=O)OC)CC1)C(C)C. The first-order chi connectivity index (χ1) is 36.2. The van der Waals surface area contributed by atoms with Crippen molar-refractivity contribution >= 4 is 41.5 Å². The predicted molar refractivity (Wildman–Crippen MR) is 293 cm³/mol. The molecule has 0 saturated carbocycles. The maximum Gasteiger partial charge on any atom is 0.328 e. The van der Waals surface area contributed by atoms with Crippen molar-refractivity contribution in [3.05, 3.63) is 36.0 Å². The monoisotopic (exact) mass is 1090 g/mol. The highest BCUT2D eigenvalue weighted by Crippen LogP contribution is 2.34. The van der Waals surface area contributed by atoms with E-state index < -0.39 is 109 Å². The number of nitrogens with zero attached hydrogens (tertiary/aromatic N) is 3. The number of likely N-dealkylation sites (tertiary alicyclic amines) is 1. The van der Waals surface area contributed by atoms with Gasteiger partial charge in [0, 0.05) is 33.2 Å². The van der Waals surface area contributed by atoms with Crippen molar-refractivity contribution in [1.82, 2.24) is 30.7 Å². The quantitative estimate of drug-likeness (QED) is 0.0281. The topological polar surface area (TPSA) is 252 Å². The first-order valence-corrected chi connectivity index (χ1v) is 27.6. The fraction of sp³-hybridized carbons (Fsp3) is 0.772. The average Bonchev–Trinajstić information content (AvgIpc) is 3.88. The molecular weight excluding hydrogens is 993 g/mol. The number of aliphatic hydroxyl groups is 2. The molecule has 0 radical (unpaired) electrons. The molecule has 2 aliphatic rings. The normalized spacial score (nSPS) is 23.0. The molecule has 1 saturated heterocycles. The van der Waals surface area contributed by atoms with Crippen LogP contribution < -0.4 is 16.0 Å². The molecule has 1 fully saturated rings. The lowest BCUT2D eigenvalue weighted by Crippen LogP contribution is -2.61. The van der Waals surface area contributed by atoms with Crippen LogP contribution in [0.15, 0.2) is 36.0 Å². The highest BCUT2D eigenvalue weighted by atomic mass is 16.6. The summed E-state index contributed by atoms with van der Waals surface area (Å²) < 4.78 is 27.7. The Bertz CT molecular complexity index is 2010. The van der Waals surface area contributed by atoms with E-state index in [4.69, 9.17) is 23.7 Å². The smallest absolute Gasteiger partial charge is 0.328 e. The Morgan fingerprint density at radius 1 is 0.844 bits per heavy atom. The summed E-state index contributed by atoms with van der Waals surface area (Å²) in [5, 5.41) is 31.2. The molecule has 14 atom stereocenters. The summed E-state index contributed by atoms with van der Waals surface area (Å²) in [4.78, 5) is 100. The molecule has 0 aromatic heterocycles. The van der Waals surface area contributed by atoms with Gasteiger partial charge in [0.1, 0.15) is 12.1 Å². The number of ether oxygens (including phenoxy) is 5. The number of allylic oxidation sites excluding steroid dienone is 4. The zero-order valence-electron chi connectivity index (χ0n) is 49.5. The zero-order chi connectivity index (χ0) is 58.5. The van der Waals surface area contributed by atoms with E-state index in [1.807, 2.05) is 79.7 Å². The summed E-state index contributed by atoms with van der Waals surface area (Å²) in [6.07, 6.45) is 8.29. The molecule has 77 heavy (non-hydrogen) atoms. The minimum atomic E-state index is -1.58. The first kappa shape index (κ1) is 68.4. The van der Waals surface area contributed by atoms with Gasteiger partial charge >= 0.3 is 11.9 Å². The molecule has 1 aliphatic heterocycles. The van der Waals surface area contributed by atoms with Crippen LogP contribution in [0.4, 0.5) is 0 Å². The van der Waals surface area contributed by atoms with Crippen molar-refractivity contribution in [1.29, 1.82) is 0 Å². The van der Waals surface area contributed by atoms with Gasteiger partial charge in [-0.15, -0.1) is 0 Å². The molecule has 1 heterocycles. The number of hydrogen-bond donors (Lipinski definition) is 5. The second kappa shape index (κ2) is 33.0. The van der Waals surface area contributed by atoms with Crippen LogP contribution in [0.2, 0.25) is 0 Å². The second-order valence-electron chi connectivity index (χ2n) is 21.9. The minimum absolute atomic E-state index is 0.0649. The number of esters is 2. The number of methoxy groups -OCH3 is 4. The summed E-state index contributed by atoms with van der Waals surface area (Å²) in [6, 6.07) is -4.80. The number of rotatable bonds is 30. The molecule has 0 bridgehead atoms. The number of carbonyl (C=O) groups excluding carboxylic acids is 7. The molecule has 2 unspecified atom stereocenters. The van der Waals surface area contributed by atoms with Crippen LogP contribution in [0.1, 0.15) is 140 Å². The standard InChI is InChI=1S/C57H98N6O14/c1-18-21-25-39(20-3)49(66)38(10)58-51(67)37(9)50(75-16)42-27-24-31-63(42)44(64)33-43(73-14)48(36(8)19-2)61(12)53(69)46(34(4)5)60-52(68)47(35(6)7)62(13)56(72)77-40-26-22-23-29-57(11,30-28-40)55(71)59-41(54(70)76-17)32-45(65)74-15/h18,21-22,25-26,34-38,40-43,46-50,56,66,72H,19-20,23-24,27-33H2,1-17H3,(H,58,67)(H,59,71)(H,60,68)/b21-18-,26-22+,39-25+/t36-,37+,38+,40-,41-,42-,43+,46-,47?,48-,49+,50+,56?,57+/m0/s1. The molecule has 0 aromatic carbocycles. The number of aliphatic hydroxyl groups excluding tert-OH is 2. The van der Waals surface area contributed by atoms with Crippen molar-refractivity contribution in [2.24, 2.45) is 29.1 Å². The Balaban J connectivity index is 2.28. The molecular formula is C57H98N6O14. The number of likely N-dealkylation sites (N-methyl/N-ethyl adjacent to an activating group) is 2. The van der Waals surface area contributed by atoms with Crippen molar-refractivity contribution in [2.75, 3.05) is 49.1 Å². The summed E-state index contributed by atoms with van der Waals surface area (Å²) >= 11 is 0. The van der Waals surface area contributed by atoms with Crippen molar-refractivity contribution in [3.8, 4) is 0 Å². The van der Waals surface area contributed by atoms with Gasteiger partial charge in [-0.3, -0.25) is 28.8 Å². The highest BCUT2D eigenvalue weighted by Gasteiger charge is 2.44. The highest BCUT2D eigenvalue weighted by molar-refractivity contribution is 5.91. The molecule has 5 amide bonds. The Kier molecular flexibility index (Phi) is 29.3. The summed E-state index contributed by atoms with van der Waals surface area (Å²) in [5.74, 6) is -4.89. The van der Waals surface area contributed by atoms with Crippen LogP contribution in [-0.4, -0.2) is 183 Å². The predicted octanol–water partition coefficient (Wildman–Crippen LogP) is 4.80. The second-order valence-corrected chi connectivity index (χ2v) is 21.9. The van der Waals surface area contributed by atoms with E-state index in [0.717, 1.165) is 12.7 Å². The van der Waals surface area contributed by atoms with Crippen LogP contribution in [-0.2, 0) is 57.2 Å². The lowest BCUT2D eigenvalue weighted by atomic mass is 9.77. The van der Waals surface area contributed by atoms with Crippen molar-refractivity contribution in [3.63, 3.8) is 0 Å². The Labute approximate surface area is 459 Å². The van der Waals surface area contributed by atoms with Gasteiger partial charge in [0.05, 0.1) is 81.6 Å². The van der Waals surface area contributed by atoms with Gasteiger partial charge in [0.2, 0.25) is 35.9 Å². The molecule has 0 aromatic rings. The third-order valence-corrected chi connectivity index (χ3v) is 15.7. The summed E-state index contributed by atoms with van der Waals surface area (Å²) in [6.45, 7) is 20.9. The number of amides is 5. The van der Waals surface area contributed by atoms with Crippen LogP contribution in [0, 0.1) is 29.1 Å². The van der Waals surface area contributed by atoms with E-state index in [0.29, 0.717) is 51.5 Å². The van der Waals surface area contributed by atoms with Crippen molar-refractivity contribution in [2.45, 2.75) is 207 Å². The van der Waals surface area contributed by atoms with Gasteiger partial charge in [-0.05, 0) is 89.2 Å². The van der Waals surface area contributed by atoms with Crippen molar-refractivity contribution < 1.29 is 67.5 Å². The van der Waals surface area contributed by atoms with Crippen LogP contribution in [0.3, 0.4) is 0 Å². The maximum absolute atomic E-state index is 14.8. The van der Waals surface area contributed by atoms with E-state index in [-0.39, 0.29) is 48.3 Å². The van der Waals surface area contributed by atoms with E-state index in [2.05, 4.69) is 16.0 Å². The minimum Gasteiger partial charge on any atom is -0.469 e. The molecule has 5 N–H and O–H groups in total. The largest absolute Gasteiger partial charge is 0.469 e. The van der Waals surface area contributed by atoms with Crippen LogP contribution >= 0.6 is 0 Å². The van der Waals surface area contributed by atoms with E-state index in [1.165, 1.54) is 26.2 Å². The fourth-order valence-corrected chi connectivity index (χ4v) is 10.6. The fourth-order valence-electron chi connectivity index (χ4n) is 10.6. The lowest BCUT2D eigenvalue weighted by Gasteiger charge is -2.41. The number of hydrogen-bond acceptors (Lipinski definition) is 15. The van der Waals surface area contributed by atoms with Gasteiger partial charge in [0.15, 0.2) is 0 Å². The van der Waals surface area contributed by atoms with Crippen LogP contribution in [0.5, 0.6) is 0 Å². The van der Waals surface area contributed by atoms with Gasteiger partial charge in [0.25, 0.3) is 0 Å². The molecule has 440 valence electrons. The van der Waals surface area contributed by atoms with E-state index >= 15 is 0 Å². The molecule has 2 rings (SSSR count). The van der Waals surface area contributed by atoms with Gasteiger partial charge in [-0.25, -0.2) is 9.69 Å². The molecule has 20 heteroatoms. The lowest BCUT2D eigenvalue weighted by molar-refractivity contribution is -0.217. The third-order valence-electron chi connectivity index (χ3n) is 15.7. The molecule has 20 nitrogen and oxygen atoms in total. The number of carbonyl (C=O) groups is 7. The maximum atomic E-state index is 14.8. The van der Waals surface area contributed by atoms with Gasteiger partial charge < -0.3 is 59.6 Å². The van der Waals surface area contributed by atoms with E-state index in [9.17, 15) is 43.8 Å². The summed E-state index contributed by atoms with van der Waals surface area (Å²) in [7, 11) is 8.61. The zero-order valence-corrected chi connectivity index (χ0v) is 49.5. The Morgan fingerprint density at radius 2 is 1.51 bits per heavy atom. The Morgan fingerprint density at radius 3 is 2.05 bits per heavy atom. The average molecular weight is 1090 g/mol. The van der Waals surface area contributed by atoms with Gasteiger partial charge in [-0.1, -0.05) is 99.1 Å². The van der Waals surface area contributed by atoms with E-state index in [1.54, 1.807) is 50.7 Å². The Hall–Kier alpha value is -4.73. The molecule has 0 spiro atoms. The summed E-state index contributed by atoms with van der Waals surface area (Å²) in [5.41, 5.74) is -0.193. The number of nitrogens with one attached hydrogen (secondary N) is 3. The first-order valence-electron chi connectivity index (χ1n) is 27.6. The van der Waals surface area contributed by atoms with Crippen LogP contribution in [0.25, 0.3) is 0 Å².